The molecule has 1 aliphatic heterocycles. The summed E-state index contributed by atoms with van der Waals surface area (Å²) in [5.74, 6) is 0. The lowest BCUT2D eigenvalue weighted by Gasteiger charge is -2.32. The molecule has 2 N–H and O–H groups in total. The lowest BCUT2D eigenvalue weighted by molar-refractivity contribution is 0.501. The molecule has 0 aromatic heterocycles. The molecule has 0 bridgehead atoms. The van der Waals surface area contributed by atoms with Crippen LogP contribution in [-0.4, -0.2) is 19.1 Å². The molecule has 4 heteroatoms. The second kappa shape index (κ2) is 4.89. The largest absolute Gasteiger partial charge is 0.371 e. The SMILES string of the molecule is NC1CCN(c2ccc(Cl)cc2I)CC1. The first-order valence-electron chi connectivity index (χ1n) is 5.12. The lowest BCUT2D eigenvalue weighted by atomic mass is 10.1. The van der Waals surface area contributed by atoms with E-state index in [0.717, 1.165) is 31.0 Å². The molecule has 1 aliphatic rings. The standard InChI is InChI=1S/C11H14ClIN2/c12-8-1-2-11(10(13)7-8)15-5-3-9(14)4-6-15/h1-2,7,9H,3-6,14H2. The van der Waals surface area contributed by atoms with Crippen LogP contribution < -0.4 is 10.6 Å². The Labute approximate surface area is 109 Å². The molecule has 1 saturated heterocycles. The first-order chi connectivity index (χ1) is 7.16. The van der Waals surface area contributed by atoms with Gasteiger partial charge in [-0.1, -0.05) is 11.6 Å². The average molecular weight is 337 g/mol. The molecule has 15 heavy (non-hydrogen) atoms. The van der Waals surface area contributed by atoms with Crippen LogP contribution in [0.25, 0.3) is 0 Å². The zero-order chi connectivity index (χ0) is 10.8. The van der Waals surface area contributed by atoms with Gasteiger partial charge in [0.1, 0.15) is 0 Å². The lowest BCUT2D eigenvalue weighted by Crippen LogP contribution is -2.39. The van der Waals surface area contributed by atoms with E-state index in [4.69, 9.17) is 17.3 Å². The van der Waals surface area contributed by atoms with Crippen molar-refractivity contribution in [2.24, 2.45) is 5.73 Å². The van der Waals surface area contributed by atoms with Gasteiger partial charge < -0.3 is 10.6 Å². The highest BCUT2D eigenvalue weighted by molar-refractivity contribution is 14.1. The summed E-state index contributed by atoms with van der Waals surface area (Å²) in [4.78, 5) is 2.39. The van der Waals surface area contributed by atoms with E-state index in [1.807, 2.05) is 12.1 Å². The summed E-state index contributed by atoms with van der Waals surface area (Å²) in [6, 6.07) is 6.44. The van der Waals surface area contributed by atoms with E-state index in [1.165, 1.54) is 9.26 Å². The van der Waals surface area contributed by atoms with Crippen molar-refractivity contribution in [3.05, 3.63) is 26.8 Å². The van der Waals surface area contributed by atoms with E-state index in [0.29, 0.717) is 6.04 Å². The summed E-state index contributed by atoms with van der Waals surface area (Å²) in [5.41, 5.74) is 7.17. The maximum Gasteiger partial charge on any atom is 0.0502 e. The second-order valence-corrected chi connectivity index (χ2v) is 5.52. The van der Waals surface area contributed by atoms with Gasteiger partial charge >= 0.3 is 0 Å². The van der Waals surface area contributed by atoms with Gasteiger partial charge in [0, 0.05) is 27.7 Å². The van der Waals surface area contributed by atoms with Crippen molar-refractivity contribution >= 4 is 39.9 Å². The Hall–Kier alpha value is -0.000000000000000111. The van der Waals surface area contributed by atoms with Crippen LogP contribution in [0.1, 0.15) is 12.8 Å². The molecule has 1 aromatic carbocycles. The average Bonchev–Trinajstić information content (AvgIpc) is 2.20. The highest BCUT2D eigenvalue weighted by atomic mass is 127. The van der Waals surface area contributed by atoms with E-state index >= 15 is 0 Å². The smallest absolute Gasteiger partial charge is 0.0502 e. The highest BCUT2D eigenvalue weighted by Crippen LogP contribution is 2.27. The van der Waals surface area contributed by atoms with Gasteiger partial charge in [-0.2, -0.15) is 0 Å². The third kappa shape index (κ3) is 2.77. The van der Waals surface area contributed by atoms with Gasteiger partial charge in [-0.15, -0.1) is 0 Å². The van der Waals surface area contributed by atoms with E-state index in [9.17, 15) is 0 Å². The van der Waals surface area contributed by atoms with Crippen LogP contribution in [0.3, 0.4) is 0 Å². The van der Waals surface area contributed by atoms with Crippen molar-refractivity contribution in [3.63, 3.8) is 0 Å². The van der Waals surface area contributed by atoms with Gasteiger partial charge in [-0.3, -0.25) is 0 Å². The highest BCUT2D eigenvalue weighted by Gasteiger charge is 2.17. The molecule has 1 heterocycles. The minimum absolute atomic E-state index is 0.381. The summed E-state index contributed by atoms with van der Waals surface area (Å²) >= 11 is 8.27. The third-order valence-corrected chi connectivity index (χ3v) is 3.89. The zero-order valence-electron chi connectivity index (χ0n) is 8.42. The number of rotatable bonds is 1. The normalized spacial score (nSPS) is 18.2. The van der Waals surface area contributed by atoms with E-state index in [-0.39, 0.29) is 0 Å². The van der Waals surface area contributed by atoms with E-state index < -0.39 is 0 Å². The van der Waals surface area contributed by atoms with Crippen LogP contribution in [0.4, 0.5) is 5.69 Å². The van der Waals surface area contributed by atoms with Crippen LogP contribution in [0.5, 0.6) is 0 Å². The quantitative estimate of drug-likeness (QED) is 0.799. The number of anilines is 1. The van der Waals surface area contributed by atoms with E-state index in [2.05, 4.69) is 33.6 Å². The summed E-state index contributed by atoms with van der Waals surface area (Å²) < 4.78 is 1.22. The molecule has 2 nitrogen and oxygen atoms in total. The minimum atomic E-state index is 0.381. The topological polar surface area (TPSA) is 29.3 Å². The molecule has 0 saturated carbocycles. The first-order valence-corrected chi connectivity index (χ1v) is 6.58. The van der Waals surface area contributed by atoms with Crippen LogP contribution in [-0.2, 0) is 0 Å². The van der Waals surface area contributed by atoms with Crippen molar-refractivity contribution in [1.82, 2.24) is 0 Å². The Morgan fingerprint density at radius 1 is 1.33 bits per heavy atom. The van der Waals surface area contributed by atoms with Crippen LogP contribution in [0, 0.1) is 3.57 Å². The van der Waals surface area contributed by atoms with Crippen molar-refractivity contribution in [2.45, 2.75) is 18.9 Å². The summed E-state index contributed by atoms with van der Waals surface area (Å²) in [5, 5.41) is 0.803. The molecule has 0 atom stereocenters. The van der Waals surface area contributed by atoms with Crippen molar-refractivity contribution < 1.29 is 0 Å². The summed E-state index contributed by atoms with van der Waals surface area (Å²) in [7, 11) is 0. The Morgan fingerprint density at radius 3 is 2.60 bits per heavy atom. The number of halogens is 2. The number of nitrogens with zero attached hydrogens (tertiary/aromatic N) is 1. The van der Waals surface area contributed by atoms with Gasteiger partial charge in [-0.25, -0.2) is 0 Å². The van der Waals surface area contributed by atoms with Gasteiger partial charge in [0.25, 0.3) is 0 Å². The van der Waals surface area contributed by atoms with Gasteiger partial charge in [0.15, 0.2) is 0 Å². The molecule has 1 fully saturated rings. The number of hydrogen-bond acceptors (Lipinski definition) is 2. The fourth-order valence-corrected chi connectivity index (χ4v) is 3.09. The Morgan fingerprint density at radius 2 is 2.00 bits per heavy atom. The predicted octanol–water partition coefficient (Wildman–Crippen LogP) is 2.87. The first kappa shape index (κ1) is 11.5. The molecular weight excluding hydrogens is 322 g/mol. The predicted molar refractivity (Wildman–Crippen MR) is 73.6 cm³/mol. The van der Waals surface area contributed by atoms with Gasteiger partial charge in [-0.05, 0) is 53.6 Å². The molecule has 0 spiro atoms. The number of hydrogen-bond donors (Lipinski definition) is 1. The molecule has 1 aromatic rings. The zero-order valence-corrected chi connectivity index (χ0v) is 11.3. The van der Waals surface area contributed by atoms with Crippen molar-refractivity contribution in [1.29, 1.82) is 0 Å². The Bertz CT molecular complexity index is 348. The fraction of sp³-hybridized carbons (Fsp3) is 0.455. The van der Waals surface area contributed by atoms with E-state index in [1.54, 1.807) is 0 Å². The summed E-state index contributed by atoms with van der Waals surface area (Å²) in [6.07, 6.45) is 2.16. The molecule has 0 aliphatic carbocycles. The molecule has 0 unspecified atom stereocenters. The van der Waals surface area contributed by atoms with Crippen LogP contribution in [0.2, 0.25) is 5.02 Å². The monoisotopic (exact) mass is 336 g/mol. The van der Waals surface area contributed by atoms with Crippen LogP contribution >= 0.6 is 34.2 Å². The Kier molecular flexibility index (Phi) is 3.74. The van der Waals surface area contributed by atoms with Crippen molar-refractivity contribution in [3.8, 4) is 0 Å². The number of benzene rings is 1. The van der Waals surface area contributed by atoms with Crippen molar-refractivity contribution in [2.75, 3.05) is 18.0 Å². The van der Waals surface area contributed by atoms with Gasteiger partial charge in [0.2, 0.25) is 0 Å². The number of piperidine rings is 1. The van der Waals surface area contributed by atoms with Crippen LogP contribution in [0.15, 0.2) is 18.2 Å². The third-order valence-electron chi connectivity index (χ3n) is 2.79. The second-order valence-electron chi connectivity index (χ2n) is 3.92. The fourth-order valence-electron chi connectivity index (χ4n) is 1.88. The molecule has 0 amide bonds. The molecule has 2 rings (SSSR count). The minimum Gasteiger partial charge on any atom is -0.371 e. The maximum absolute atomic E-state index is 5.94. The molecule has 0 radical (unpaired) electrons. The van der Waals surface area contributed by atoms with Gasteiger partial charge in [0.05, 0.1) is 5.69 Å². The summed E-state index contributed by atoms with van der Waals surface area (Å²) in [6.45, 7) is 2.11. The molecular formula is C11H14ClIN2. The number of nitrogens with two attached hydrogens (primary N) is 1. The molecule has 82 valence electrons. The Balaban J connectivity index is 2.15. The maximum atomic E-state index is 5.94.